The lowest BCUT2D eigenvalue weighted by atomic mass is 10.2. The van der Waals surface area contributed by atoms with Crippen LogP contribution in [0, 0.1) is 5.82 Å². The van der Waals surface area contributed by atoms with Crippen molar-refractivity contribution in [2.45, 2.75) is 19.6 Å². The second-order valence-corrected chi connectivity index (χ2v) is 3.91. The number of rotatable bonds is 5. The predicted molar refractivity (Wildman–Crippen MR) is 63.8 cm³/mol. The van der Waals surface area contributed by atoms with E-state index in [1.807, 2.05) is 6.92 Å². The average molecular weight is 271 g/mol. The van der Waals surface area contributed by atoms with E-state index in [9.17, 15) is 13.2 Å². The largest absolute Gasteiger partial charge is 0.467 e. The number of alkyl halides is 2. The second-order valence-electron chi connectivity index (χ2n) is 3.91. The molecule has 0 bridgehead atoms. The summed E-state index contributed by atoms with van der Waals surface area (Å²) in [5.41, 5.74) is 0.447. The maximum Gasteiger partial charge on any atom is 0.387 e. The third-order valence-corrected chi connectivity index (χ3v) is 2.50. The van der Waals surface area contributed by atoms with Crippen molar-refractivity contribution in [3.8, 4) is 5.75 Å². The van der Waals surface area contributed by atoms with Gasteiger partial charge in [-0.3, -0.25) is 0 Å². The monoisotopic (exact) mass is 271 g/mol. The summed E-state index contributed by atoms with van der Waals surface area (Å²) >= 11 is 0. The zero-order valence-corrected chi connectivity index (χ0v) is 10.1. The van der Waals surface area contributed by atoms with Crippen molar-refractivity contribution in [3.63, 3.8) is 0 Å². The highest BCUT2D eigenvalue weighted by Gasteiger charge is 2.12. The fraction of sp³-hybridized carbons (Fsp3) is 0.231. The van der Waals surface area contributed by atoms with Crippen molar-refractivity contribution in [3.05, 3.63) is 48.2 Å². The van der Waals surface area contributed by atoms with E-state index < -0.39 is 18.2 Å². The van der Waals surface area contributed by atoms with Crippen LogP contribution >= 0.6 is 0 Å². The number of ether oxygens (including phenoxy) is 1. The molecule has 0 fully saturated rings. The van der Waals surface area contributed by atoms with Crippen molar-refractivity contribution in [1.29, 1.82) is 0 Å². The molecule has 1 aromatic carbocycles. The summed E-state index contributed by atoms with van der Waals surface area (Å²) in [5, 5.41) is 2.99. The van der Waals surface area contributed by atoms with Gasteiger partial charge in [0, 0.05) is 11.8 Å². The SMILES string of the molecule is CC(Nc1ccc(OC(F)F)c(F)c1)c1ccco1. The van der Waals surface area contributed by atoms with Crippen molar-refractivity contribution in [2.75, 3.05) is 5.32 Å². The van der Waals surface area contributed by atoms with E-state index >= 15 is 0 Å². The number of hydrogen-bond donors (Lipinski definition) is 1. The van der Waals surface area contributed by atoms with Crippen molar-refractivity contribution in [1.82, 2.24) is 0 Å². The lowest BCUT2D eigenvalue weighted by molar-refractivity contribution is -0.0521. The van der Waals surface area contributed by atoms with Crippen LogP contribution in [0.3, 0.4) is 0 Å². The van der Waals surface area contributed by atoms with Gasteiger partial charge in [-0.05, 0) is 31.2 Å². The molecule has 1 atom stereocenters. The first-order valence-corrected chi connectivity index (χ1v) is 5.60. The summed E-state index contributed by atoms with van der Waals surface area (Å²) in [4.78, 5) is 0. The topological polar surface area (TPSA) is 34.4 Å². The van der Waals surface area contributed by atoms with Crippen LogP contribution in [0.25, 0.3) is 0 Å². The molecule has 1 N–H and O–H groups in total. The van der Waals surface area contributed by atoms with Crippen LogP contribution in [-0.2, 0) is 0 Å². The van der Waals surface area contributed by atoms with Gasteiger partial charge in [0.15, 0.2) is 11.6 Å². The van der Waals surface area contributed by atoms with Crippen molar-refractivity contribution in [2.24, 2.45) is 0 Å². The molecule has 2 rings (SSSR count). The molecule has 1 aromatic heterocycles. The van der Waals surface area contributed by atoms with Gasteiger partial charge in [0.05, 0.1) is 12.3 Å². The zero-order valence-electron chi connectivity index (χ0n) is 10.1. The highest BCUT2D eigenvalue weighted by Crippen LogP contribution is 2.25. The molecule has 0 saturated carbocycles. The minimum absolute atomic E-state index is 0.170. The van der Waals surface area contributed by atoms with E-state index in [0.29, 0.717) is 11.4 Å². The molecule has 102 valence electrons. The molecule has 6 heteroatoms. The average Bonchev–Trinajstić information content (AvgIpc) is 2.86. The third kappa shape index (κ3) is 3.43. The lowest BCUT2D eigenvalue weighted by Gasteiger charge is -2.14. The number of benzene rings is 1. The van der Waals surface area contributed by atoms with Crippen molar-refractivity contribution < 1.29 is 22.3 Å². The quantitative estimate of drug-likeness (QED) is 0.885. The number of hydrogen-bond acceptors (Lipinski definition) is 3. The number of nitrogens with one attached hydrogen (secondary N) is 1. The predicted octanol–water partition coefficient (Wildman–Crippen LogP) is 4.19. The Hall–Kier alpha value is -2.11. The van der Waals surface area contributed by atoms with Crippen LogP contribution < -0.4 is 10.1 Å². The molecule has 1 unspecified atom stereocenters. The first-order chi connectivity index (χ1) is 9.06. The third-order valence-electron chi connectivity index (χ3n) is 2.50. The molecule has 0 aliphatic heterocycles. The van der Waals surface area contributed by atoms with Crippen LogP contribution in [0.5, 0.6) is 5.75 Å². The minimum atomic E-state index is -3.05. The minimum Gasteiger partial charge on any atom is -0.467 e. The van der Waals surface area contributed by atoms with E-state index in [2.05, 4.69) is 10.1 Å². The van der Waals surface area contributed by atoms with E-state index in [1.165, 1.54) is 12.3 Å². The number of anilines is 1. The summed E-state index contributed by atoms with van der Waals surface area (Å²) in [6, 6.07) is 7.06. The van der Waals surface area contributed by atoms with Gasteiger partial charge in [-0.1, -0.05) is 0 Å². The Morgan fingerprint density at radius 3 is 2.63 bits per heavy atom. The first-order valence-electron chi connectivity index (χ1n) is 5.60. The molecule has 0 aliphatic rings. The molecule has 0 aliphatic carbocycles. The summed E-state index contributed by atoms with van der Waals surface area (Å²) in [6.45, 7) is -1.21. The Morgan fingerprint density at radius 1 is 1.26 bits per heavy atom. The molecular weight excluding hydrogens is 259 g/mol. The Morgan fingerprint density at radius 2 is 2.05 bits per heavy atom. The van der Waals surface area contributed by atoms with E-state index in [0.717, 1.165) is 12.1 Å². The lowest BCUT2D eigenvalue weighted by Crippen LogP contribution is -2.07. The molecule has 0 radical (unpaired) electrons. The smallest absolute Gasteiger partial charge is 0.387 e. The van der Waals surface area contributed by atoms with Gasteiger partial charge in [-0.2, -0.15) is 8.78 Å². The van der Waals surface area contributed by atoms with Crippen LogP contribution in [-0.4, -0.2) is 6.61 Å². The van der Waals surface area contributed by atoms with Crippen LogP contribution in [0.15, 0.2) is 41.0 Å². The highest BCUT2D eigenvalue weighted by molar-refractivity contribution is 5.48. The molecule has 0 spiro atoms. The van der Waals surface area contributed by atoms with Gasteiger partial charge in [-0.25, -0.2) is 4.39 Å². The fourth-order valence-corrected chi connectivity index (χ4v) is 1.64. The number of halogens is 3. The van der Waals surface area contributed by atoms with Gasteiger partial charge in [0.1, 0.15) is 5.76 Å². The summed E-state index contributed by atoms with van der Waals surface area (Å²) < 4.78 is 46.7. The Balaban J connectivity index is 2.07. The molecule has 19 heavy (non-hydrogen) atoms. The van der Waals surface area contributed by atoms with Crippen LogP contribution in [0.1, 0.15) is 18.7 Å². The maximum atomic E-state index is 13.5. The first kappa shape index (κ1) is 13.3. The standard InChI is InChI=1S/C13H12F3NO2/c1-8(11-3-2-6-18-11)17-9-4-5-12(10(14)7-9)19-13(15)16/h2-8,13,17H,1H3. The highest BCUT2D eigenvalue weighted by atomic mass is 19.3. The number of furan rings is 1. The fourth-order valence-electron chi connectivity index (χ4n) is 1.64. The Bertz CT molecular complexity index is 529. The molecule has 0 saturated heterocycles. The normalized spacial score (nSPS) is 12.5. The maximum absolute atomic E-state index is 13.5. The second kappa shape index (κ2) is 5.69. The van der Waals surface area contributed by atoms with Crippen LogP contribution in [0.2, 0.25) is 0 Å². The van der Waals surface area contributed by atoms with Gasteiger partial charge >= 0.3 is 6.61 Å². The van der Waals surface area contributed by atoms with Crippen LogP contribution in [0.4, 0.5) is 18.9 Å². The van der Waals surface area contributed by atoms with E-state index in [1.54, 1.807) is 12.1 Å². The van der Waals surface area contributed by atoms with Gasteiger partial charge in [0.2, 0.25) is 0 Å². The molecule has 0 amide bonds. The molecular formula is C13H12F3NO2. The zero-order chi connectivity index (χ0) is 13.8. The summed E-state index contributed by atoms with van der Waals surface area (Å²) in [7, 11) is 0. The van der Waals surface area contributed by atoms with E-state index in [4.69, 9.17) is 4.42 Å². The molecule has 3 nitrogen and oxygen atoms in total. The summed E-state index contributed by atoms with van der Waals surface area (Å²) in [5.74, 6) is -0.642. The Kier molecular flexibility index (Phi) is 3.99. The molecule has 2 aromatic rings. The Labute approximate surface area is 108 Å². The van der Waals surface area contributed by atoms with E-state index in [-0.39, 0.29) is 6.04 Å². The van der Waals surface area contributed by atoms with Crippen molar-refractivity contribution >= 4 is 5.69 Å². The van der Waals surface area contributed by atoms with Gasteiger partial charge in [0.25, 0.3) is 0 Å². The van der Waals surface area contributed by atoms with Gasteiger partial charge < -0.3 is 14.5 Å². The molecule has 1 heterocycles. The van der Waals surface area contributed by atoms with Gasteiger partial charge in [-0.15, -0.1) is 0 Å². The summed E-state index contributed by atoms with van der Waals surface area (Å²) in [6.07, 6.45) is 1.54.